The Kier molecular flexibility index (Phi) is 6.70. The second-order valence-electron chi connectivity index (χ2n) is 8.02. The molecule has 2 N–H and O–H groups in total. The molecule has 0 amide bonds. The maximum Gasteiger partial charge on any atom is 0.253 e. The van der Waals surface area contributed by atoms with Crippen molar-refractivity contribution in [2.45, 2.75) is 40.8 Å². The highest BCUT2D eigenvalue weighted by molar-refractivity contribution is 7.80. The van der Waals surface area contributed by atoms with Crippen LogP contribution in [0.15, 0.2) is 53.3 Å². The lowest BCUT2D eigenvalue weighted by atomic mass is 10.0. The molecule has 0 atom stereocenters. The quantitative estimate of drug-likeness (QED) is 0.583. The van der Waals surface area contributed by atoms with E-state index in [0.29, 0.717) is 29.7 Å². The third-order valence-corrected chi connectivity index (χ3v) is 5.56. The summed E-state index contributed by atoms with van der Waals surface area (Å²) in [5.41, 5.74) is 5.01. The molecule has 3 aromatic rings. The molecule has 4 nitrogen and oxygen atoms in total. The van der Waals surface area contributed by atoms with Gasteiger partial charge >= 0.3 is 0 Å². The molecule has 1 aromatic heterocycles. The number of pyridine rings is 1. The predicted molar refractivity (Wildman–Crippen MR) is 125 cm³/mol. The molecule has 5 heteroatoms. The van der Waals surface area contributed by atoms with E-state index < -0.39 is 0 Å². The lowest BCUT2D eigenvalue weighted by Crippen LogP contribution is -2.41. The van der Waals surface area contributed by atoms with Gasteiger partial charge in [-0.3, -0.25) is 4.79 Å². The van der Waals surface area contributed by atoms with Crippen LogP contribution in [-0.2, 0) is 13.1 Å². The third-order valence-electron chi connectivity index (χ3n) is 5.15. The molecule has 0 radical (unpaired) electrons. The van der Waals surface area contributed by atoms with Crippen molar-refractivity contribution in [3.8, 4) is 0 Å². The largest absolute Gasteiger partial charge is 0.362 e. The van der Waals surface area contributed by atoms with Gasteiger partial charge in [0.25, 0.3) is 5.56 Å². The van der Waals surface area contributed by atoms with Crippen LogP contribution in [0.25, 0.3) is 10.9 Å². The van der Waals surface area contributed by atoms with Crippen molar-refractivity contribution in [1.29, 1.82) is 0 Å². The van der Waals surface area contributed by atoms with Crippen molar-refractivity contribution in [1.82, 2.24) is 15.2 Å². The van der Waals surface area contributed by atoms with Crippen LogP contribution in [0.3, 0.4) is 0 Å². The number of benzene rings is 2. The SMILES string of the molecule is Cc1ccc2cc(CN(Cc3ccccc3)C(=S)NCC(C)C)c(=O)[nH]c2c1C. The summed E-state index contributed by atoms with van der Waals surface area (Å²) < 4.78 is 0. The molecule has 152 valence electrons. The highest BCUT2D eigenvalue weighted by Gasteiger charge is 2.15. The lowest BCUT2D eigenvalue weighted by molar-refractivity contribution is 0.394. The molecule has 0 aliphatic carbocycles. The third kappa shape index (κ3) is 5.24. The van der Waals surface area contributed by atoms with Gasteiger partial charge in [-0.2, -0.15) is 0 Å². The molecule has 29 heavy (non-hydrogen) atoms. The summed E-state index contributed by atoms with van der Waals surface area (Å²) in [4.78, 5) is 18.0. The Balaban J connectivity index is 1.92. The lowest BCUT2D eigenvalue weighted by Gasteiger charge is -2.26. The summed E-state index contributed by atoms with van der Waals surface area (Å²) in [6.07, 6.45) is 0. The Morgan fingerprint density at radius 3 is 2.52 bits per heavy atom. The van der Waals surface area contributed by atoms with Crippen LogP contribution < -0.4 is 10.9 Å². The van der Waals surface area contributed by atoms with Crippen LogP contribution >= 0.6 is 12.2 Å². The van der Waals surface area contributed by atoms with Crippen molar-refractivity contribution in [3.05, 3.63) is 81.1 Å². The van der Waals surface area contributed by atoms with Gasteiger partial charge in [0, 0.05) is 18.7 Å². The number of aryl methyl sites for hydroxylation is 2. The number of thiocarbonyl (C=S) groups is 1. The van der Waals surface area contributed by atoms with Gasteiger partial charge < -0.3 is 15.2 Å². The molecule has 0 bridgehead atoms. The number of fused-ring (bicyclic) bond motifs is 1. The number of aromatic amines is 1. The minimum absolute atomic E-state index is 0.0593. The van der Waals surface area contributed by atoms with Crippen LogP contribution in [0.1, 0.15) is 36.1 Å². The molecule has 1 heterocycles. The van der Waals surface area contributed by atoms with Crippen molar-refractivity contribution >= 4 is 28.2 Å². The summed E-state index contributed by atoms with van der Waals surface area (Å²) in [5, 5.41) is 5.05. The summed E-state index contributed by atoms with van der Waals surface area (Å²) in [5.74, 6) is 0.488. The molecular formula is C24H29N3OS. The Hall–Kier alpha value is -2.66. The standard InChI is InChI=1S/C24H29N3OS/c1-16(2)13-25-24(29)27(14-19-8-6-5-7-9-19)15-21-12-20-11-10-17(3)18(4)22(20)26-23(21)28/h5-12,16H,13-15H2,1-4H3,(H,25,29)(H,26,28). The van der Waals surface area contributed by atoms with Gasteiger partial charge in [-0.15, -0.1) is 0 Å². The van der Waals surface area contributed by atoms with Crippen LogP contribution in [0.4, 0.5) is 0 Å². The van der Waals surface area contributed by atoms with Gasteiger partial charge in [-0.05, 0) is 60.1 Å². The van der Waals surface area contributed by atoms with E-state index in [1.807, 2.05) is 31.2 Å². The fourth-order valence-corrected chi connectivity index (χ4v) is 3.51. The maximum absolute atomic E-state index is 12.8. The van der Waals surface area contributed by atoms with Gasteiger partial charge in [-0.25, -0.2) is 0 Å². The van der Waals surface area contributed by atoms with E-state index in [1.54, 1.807) is 0 Å². The summed E-state index contributed by atoms with van der Waals surface area (Å²) in [7, 11) is 0. The van der Waals surface area contributed by atoms with Crippen LogP contribution in [-0.4, -0.2) is 21.5 Å². The Morgan fingerprint density at radius 1 is 1.10 bits per heavy atom. The van der Waals surface area contributed by atoms with Crippen LogP contribution in [0.2, 0.25) is 0 Å². The monoisotopic (exact) mass is 407 g/mol. The molecule has 2 aromatic carbocycles. The average Bonchev–Trinajstić information content (AvgIpc) is 2.70. The minimum Gasteiger partial charge on any atom is -0.362 e. The van der Waals surface area contributed by atoms with E-state index in [4.69, 9.17) is 12.2 Å². The number of hydrogen-bond donors (Lipinski definition) is 2. The van der Waals surface area contributed by atoms with Crippen LogP contribution in [0.5, 0.6) is 0 Å². The van der Waals surface area contributed by atoms with Gasteiger partial charge in [-0.1, -0.05) is 56.3 Å². The second kappa shape index (κ2) is 9.23. The second-order valence-corrected chi connectivity index (χ2v) is 8.40. The molecule has 3 rings (SSSR count). The first kappa shape index (κ1) is 21.1. The Morgan fingerprint density at radius 2 is 1.83 bits per heavy atom. The van der Waals surface area contributed by atoms with Gasteiger partial charge in [0.05, 0.1) is 12.1 Å². The zero-order valence-electron chi connectivity index (χ0n) is 17.6. The molecule has 0 fully saturated rings. The molecular weight excluding hydrogens is 378 g/mol. The molecule has 0 saturated carbocycles. The van der Waals surface area contributed by atoms with Crippen LogP contribution in [0, 0.1) is 19.8 Å². The number of H-pyrrole nitrogens is 1. The zero-order valence-corrected chi connectivity index (χ0v) is 18.4. The molecule has 0 aliphatic rings. The number of hydrogen-bond acceptors (Lipinski definition) is 2. The molecule has 0 saturated heterocycles. The van der Waals surface area contributed by atoms with E-state index in [9.17, 15) is 4.79 Å². The Bertz CT molecular complexity index is 1060. The number of nitrogens with one attached hydrogen (secondary N) is 2. The molecule has 0 spiro atoms. The summed E-state index contributed by atoms with van der Waals surface area (Å²) in [6, 6.07) is 16.3. The molecule has 0 unspecified atom stereocenters. The van der Waals surface area contributed by atoms with Gasteiger partial charge in [0.2, 0.25) is 0 Å². The van der Waals surface area contributed by atoms with Crippen molar-refractivity contribution in [3.63, 3.8) is 0 Å². The first-order chi connectivity index (χ1) is 13.8. The van der Waals surface area contributed by atoms with E-state index >= 15 is 0 Å². The maximum atomic E-state index is 12.8. The number of aromatic nitrogens is 1. The first-order valence-electron chi connectivity index (χ1n) is 10.0. The van der Waals surface area contributed by atoms with Crippen molar-refractivity contribution in [2.24, 2.45) is 5.92 Å². The smallest absolute Gasteiger partial charge is 0.253 e. The zero-order chi connectivity index (χ0) is 21.0. The summed E-state index contributed by atoms with van der Waals surface area (Å²) in [6.45, 7) is 10.3. The predicted octanol–water partition coefficient (Wildman–Crippen LogP) is 4.68. The van der Waals surface area contributed by atoms with Gasteiger partial charge in [0.15, 0.2) is 5.11 Å². The average molecular weight is 408 g/mol. The van der Waals surface area contributed by atoms with Crippen molar-refractivity contribution < 1.29 is 0 Å². The molecule has 0 aliphatic heterocycles. The normalized spacial score (nSPS) is 11.1. The fourth-order valence-electron chi connectivity index (χ4n) is 3.30. The van der Waals surface area contributed by atoms with Gasteiger partial charge in [0.1, 0.15) is 0 Å². The minimum atomic E-state index is -0.0593. The van der Waals surface area contributed by atoms with E-state index in [0.717, 1.165) is 28.6 Å². The van der Waals surface area contributed by atoms with E-state index in [2.05, 4.69) is 60.2 Å². The number of rotatable bonds is 6. The summed E-state index contributed by atoms with van der Waals surface area (Å²) >= 11 is 5.67. The fraction of sp³-hybridized carbons (Fsp3) is 0.333. The highest BCUT2D eigenvalue weighted by atomic mass is 32.1. The topological polar surface area (TPSA) is 48.1 Å². The van der Waals surface area contributed by atoms with Crippen molar-refractivity contribution in [2.75, 3.05) is 6.54 Å². The highest BCUT2D eigenvalue weighted by Crippen LogP contribution is 2.20. The van der Waals surface area contributed by atoms with E-state index in [-0.39, 0.29) is 5.56 Å². The number of nitrogens with zero attached hydrogens (tertiary/aromatic N) is 1. The first-order valence-corrected chi connectivity index (χ1v) is 10.4. The Labute approximate surface area is 178 Å². The van der Waals surface area contributed by atoms with E-state index in [1.165, 1.54) is 5.56 Å².